The number of ketones is 1. The molecular formula is C10H16N2O2S. The monoisotopic (exact) mass is 228 g/mol. The predicted octanol–water partition coefficient (Wildman–Crippen LogP) is 0.227. The van der Waals surface area contributed by atoms with Crippen LogP contribution in [0.25, 0.3) is 0 Å². The fourth-order valence-corrected chi connectivity index (χ4v) is 3.79. The number of nitrogens with zero attached hydrogens (tertiary/aromatic N) is 1. The highest BCUT2D eigenvalue weighted by molar-refractivity contribution is 8.00. The van der Waals surface area contributed by atoms with Gasteiger partial charge in [0.2, 0.25) is 5.91 Å². The molecule has 0 spiro atoms. The van der Waals surface area contributed by atoms with Crippen LogP contribution in [-0.2, 0) is 9.59 Å². The molecule has 84 valence electrons. The molecule has 1 amide bonds. The Labute approximate surface area is 93.8 Å². The number of thioether (sulfide) groups is 1. The van der Waals surface area contributed by atoms with Gasteiger partial charge in [-0.1, -0.05) is 0 Å². The van der Waals surface area contributed by atoms with Gasteiger partial charge >= 0.3 is 0 Å². The summed E-state index contributed by atoms with van der Waals surface area (Å²) >= 11 is 1.74. The molecule has 0 aromatic heterocycles. The second-order valence-electron chi connectivity index (χ2n) is 4.08. The number of hydrogen-bond acceptors (Lipinski definition) is 4. The molecular weight excluding hydrogens is 212 g/mol. The first kappa shape index (κ1) is 11.0. The molecule has 0 aromatic carbocycles. The molecule has 1 N–H and O–H groups in total. The zero-order chi connectivity index (χ0) is 11.0. The van der Waals surface area contributed by atoms with Gasteiger partial charge in [0.25, 0.3) is 0 Å². The van der Waals surface area contributed by atoms with Gasteiger partial charge in [0.05, 0.1) is 11.4 Å². The van der Waals surface area contributed by atoms with Crippen LogP contribution in [-0.4, -0.2) is 46.8 Å². The quantitative estimate of drug-likeness (QED) is 0.735. The van der Waals surface area contributed by atoms with Gasteiger partial charge in [0, 0.05) is 5.75 Å². The number of carbonyl (C=O) groups excluding carboxylic acids is 2. The topological polar surface area (TPSA) is 49.4 Å². The highest BCUT2D eigenvalue weighted by Crippen LogP contribution is 2.36. The van der Waals surface area contributed by atoms with Crippen LogP contribution in [0.2, 0.25) is 0 Å². The summed E-state index contributed by atoms with van der Waals surface area (Å²) in [7, 11) is 1.80. The third-order valence-corrected chi connectivity index (χ3v) is 4.52. The van der Waals surface area contributed by atoms with E-state index in [9.17, 15) is 9.59 Å². The summed E-state index contributed by atoms with van der Waals surface area (Å²) in [6.07, 6.45) is 1.87. The second-order valence-corrected chi connectivity index (χ2v) is 5.29. The van der Waals surface area contributed by atoms with E-state index in [-0.39, 0.29) is 29.1 Å². The minimum atomic E-state index is -0.191. The molecule has 3 atom stereocenters. The number of likely N-dealkylation sites (N-methyl/N-ethyl adjacent to an activating group) is 1. The first-order chi connectivity index (χ1) is 7.15. The van der Waals surface area contributed by atoms with Gasteiger partial charge < -0.3 is 10.2 Å². The number of piperidine rings is 1. The molecule has 2 saturated heterocycles. The van der Waals surface area contributed by atoms with Crippen molar-refractivity contribution >= 4 is 23.5 Å². The Morgan fingerprint density at radius 1 is 1.53 bits per heavy atom. The number of carbonyl (C=O) groups is 2. The number of nitrogens with one attached hydrogen (secondary N) is 1. The maximum atomic E-state index is 12.1. The van der Waals surface area contributed by atoms with E-state index < -0.39 is 0 Å². The number of rotatable bonds is 2. The van der Waals surface area contributed by atoms with Crippen LogP contribution in [0, 0.1) is 0 Å². The third kappa shape index (κ3) is 1.78. The molecule has 2 aliphatic rings. The Hall–Kier alpha value is -0.550. The molecule has 2 unspecified atom stereocenters. The van der Waals surface area contributed by atoms with Crippen molar-refractivity contribution in [3.63, 3.8) is 0 Å². The van der Waals surface area contributed by atoms with Crippen molar-refractivity contribution in [1.82, 2.24) is 10.2 Å². The van der Waals surface area contributed by atoms with Crippen LogP contribution in [0.3, 0.4) is 0 Å². The fraction of sp³-hybridized carbons (Fsp3) is 0.800. The van der Waals surface area contributed by atoms with Crippen molar-refractivity contribution in [2.45, 2.75) is 37.2 Å². The van der Waals surface area contributed by atoms with Crippen LogP contribution in [0.15, 0.2) is 0 Å². The number of amides is 1. The highest BCUT2D eigenvalue weighted by atomic mass is 32.2. The largest absolute Gasteiger partial charge is 0.318 e. The van der Waals surface area contributed by atoms with Crippen molar-refractivity contribution in [3.05, 3.63) is 0 Å². The Morgan fingerprint density at radius 3 is 2.87 bits per heavy atom. The first-order valence-corrected chi connectivity index (χ1v) is 6.31. The van der Waals surface area contributed by atoms with Crippen molar-refractivity contribution < 1.29 is 9.59 Å². The normalized spacial score (nSPS) is 35.5. The van der Waals surface area contributed by atoms with Gasteiger partial charge in [-0.25, -0.2) is 0 Å². The molecule has 0 saturated carbocycles. The van der Waals surface area contributed by atoms with E-state index in [0.717, 1.165) is 18.6 Å². The summed E-state index contributed by atoms with van der Waals surface area (Å²) in [6, 6.07) is -0.287. The molecule has 2 fully saturated rings. The van der Waals surface area contributed by atoms with E-state index in [4.69, 9.17) is 0 Å². The minimum absolute atomic E-state index is 0.0956. The van der Waals surface area contributed by atoms with E-state index in [1.807, 2.05) is 0 Å². The zero-order valence-corrected chi connectivity index (χ0v) is 9.84. The summed E-state index contributed by atoms with van der Waals surface area (Å²) in [4.78, 5) is 25.3. The van der Waals surface area contributed by atoms with Gasteiger partial charge in [0.15, 0.2) is 5.78 Å². The average molecular weight is 228 g/mol. The molecule has 0 aliphatic carbocycles. The Kier molecular flexibility index (Phi) is 3.02. The lowest BCUT2D eigenvalue weighted by atomic mass is 10.0. The third-order valence-electron chi connectivity index (χ3n) is 3.17. The Morgan fingerprint density at radius 2 is 2.27 bits per heavy atom. The van der Waals surface area contributed by atoms with E-state index >= 15 is 0 Å². The van der Waals surface area contributed by atoms with E-state index in [1.165, 1.54) is 0 Å². The number of hydrogen-bond donors (Lipinski definition) is 1. The number of Topliss-reactive ketones (excluding diaryl/α,β-unsaturated/α-hetero) is 1. The lowest BCUT2D eigenvalue weighted by molar-refractivity contribution is -0.142. The summed E-state index contributed by atoms with van der Waals surface area (Å²) in [6.45, 7) is 1.57. The molecule has 0 bridgehead atoms. The van der Waals surface area contributed by atoms with Crippen LogP contribution >= 0.6 is 11.8 Å². The average Bonchev–Trinajstić information content (AvgIpc) is 2.63. The fourth-order valence-electron chi connectivity index (χ4n) is 2.28. The predicted molar refractivity (Wildman–Crippen MR) is 59.6 cm³/mol. The molecule has 2 heterocycles. The van der Waals surface area contributed by atoms with Gasteiger partial charge in [0.1, 0.15) is 6.04 Å². The maximum Gasteiger partial charge on any atom is 0.241 e. The SMILES string of the molecule is CNC1CCC2SC[C@@H](C(C)=O)N2C1=O. The Bertz CT molecular complexity index is 295. The standard InChI is InChI=1S/C10H16N2O2S/c1-6(13)8-5-15-9-4-3-7(11-2)10(14)12(8)9/h7-9,11H,3-5H2,1-2H3/t7?,8-,9?/m0/s1. The maximum absolute atomic E-state index is 12.1. The first-order valence-electron chi connectivity index (χ1n) is 5.26. The van der Waals surface area contributed by atoms with E-state index in [1.54, 1.807) is 30.6 Å². The van der Waals surface area contributed by atoms with Crippen LogP contribution in [0.1, 0.15) is 19.8 Å². The van der Waals surface area contributed by atoms with Crippen molar-refractivity contribution in [3.8, 4) is 0 Å². The summed E-state index contributed by atoms with van der Waals surface area (Å²) in [5.41, 5.74) is 0. The van der Waals surface area contributed by atoms with Gasteiger partial charge in [-0.05, 0) is 26.8 Å². The molecule has 15 heavy (non-hydrogen) atoms. The van der Waals surface area contributed by atoms with Gasteiger partial charge in [-0.3, -0.25) is 9.59 Å². The summed E-state index contributed by atoms with van der Waals surface area (Å²) in [5, 5.41) is 3.25. The summed E-state index contributed by atoms with van der Waals surface area (Å²) < 4.78 is 0. The van der Waals surface area contributed by atoms with Crippen LogP contribution in [0.5, 0.6) is 0 Å². The highest BCUT2D eigenvalue weighted by Gasteiger charge is 2.44. The Balaban J connectivity index is 2.18. The van der Waals surface area contributed by atoms with Crippen molar-refractivity contribution in [2.24, 2.45) is 0 Å². The van der Waals surface area contributed by atoms with Crippen LogP contribution < -0.4 is 5.32 Å². The minimum Gasteiger partial charge on any atom is -0.318 e. The molecule has 5 heteroatoms. The van der Waals surface area contributed by atoms with E-state index in [2.05, 4.69) is 5.32 Å². The molecule has 2 rings (SSSR count). The molecule has 2 aliphatic heterocycles. The zero-order valence-electron chi connectivity index (χ0n) is 9.03. The summed E-state index contributed by atoms with van der Waals surface area (Å²) in [5.74, 6) is 0.969. The smallest absolute Gasteiger partial charge is 0.241 e. The van der Waals surface area contributed by atoms with Crippen molar-refractivity contribution in [1.29, 1.82) is 0 Å². The second kappa shape index (κ2) is 4.14. The van der Waals surface area contributed by atoms with E-state index in [0.29, 0.717) is 0 Å². The number of fused-ring (bicyclic) bond motifs is 1. The van der Waals surface area contributed by atoms with Crippen LogP contribution in [0.4, 0.5) is 0 Å². The lowest BCUT2D eigenvalue weighted by Gasteiger charge is -2.36. The van der Waals surface area contributed by atoms with Gasteiger partial charge in [-0.2, -0.15) is 0 Å². The van der Waals surface area contributed by atoms with Crippen molar-refractivity contribution in [2.75, 3.05) is 12.8 Å². The molecule has 0 aromatic rings. The van der Waals surface area contributed by atoms with Gasteiger partial charge in [-0.15, -0.1) is 11.8 Å². The molecule has 0 radical (unpaired) electrons. The lowest BCUT2D eigenvalue weighted by Crippen LogP contribution is -2.55. The molecule has 4 nitrogen and oxygen atoms in total.